The third kappa shape index (κ3) is 4.65. The van der Waals surface area contributed by atoms with E-state index in [9.17, 15) is 4.79 Å². The smallest absolute Gasteiger partial charge is 0.257 e. The molecule has 0 saturated heterocycles. The molecule has 0 saturated carbocycles. The second kappa shape index (κ2) is 8.82. The Morgan fingerprint density at radius 3 is 2.29 bits per heavy atom. The predicted molar refractivity (Wildman–Crippen MR) is 92.9 cm³/mol. The largest absolute Gasteiger partial charge is 0.493 e. The molecular formula is C19H23NO4. The fourth-order valence-corrected chi connectivity index (χ4v) is 2.38. The monoisotopic (exact) mass is 329 g/mol. The summed E-state index contributed by atoms with van der Waals surface area (Å²) in [5, 5.41) is 2.86. The molecule has 0 fully saturated rings. The number of hydrogen-bond donors (Lipinski definition) is 1. The third-order valence-corrected chi connectivity index (χ3v) is 3.71. The van der Waals surface area contributed by atoms with Crippen LogP contribution in [0.4, 0.5) is 0 Å². The van der Waals surface area contributed by atoms with Crippen LogP contribution in [-0.4, -0.2) is 33.3 Å². The van der Waals surface area contributed by atoms with E-state index in [0.717, 1.165) is 6.42 Å². The van der Waals surface area contributed by atoms with Gasteiger partial charge in [0.1, 0.15) is 0 Å². The van der Waals surface area contributed by atoms with Crippen molar-refractivity contribution in [1.82, 2.24) is 5.32 Å². The van der Waals surface area contributed by atoms with Gasteiger partial charge >= 0.3 is 0 Å². The average Bonchev–Trinajstić information content (AvgIpc) is 2.61. The van der Waals surface area contributed by atoms with E-state index >= 15 is 0 Å². The SMILES string of the molecule is COc1cccc(OC)c1OCC(=O)NCCc1ccccc1C. The van der Waals surface area contributed by atoms with Crippen molar-refractivity contribution in [1.29, 1.82) is 0 Å². The first-order valence-electron chi connectivity index (χ1n) is 7.80. The number of amides is 1. The molecule has 0 aliphatic heterocycles. The van der Waals surface area contributed by atoms with Gasteiger partial charge in [-0.25, -0.2) is 0 Å². The maximum Gasteiger partial charge on any atom is 0.257 e. The second-order valence-corrected chi connectivity index (χ2v) is 5.31. The molecule has 24 heavy (non-hydrogen) atoms. The summed E-state index contributed by atoms with van der Waals surface area (Å²) in [5.74, 6) is 1.30. The molecule has 0 aromatic heterocycles. The van der Waals surface area contributed by atoms with E-state index < -0.39 is 0 Å². The summed E-state index contributed by atoms with van der Waals surface area (Å²) < 4.78 is 16.0. The fourth-order valence-electron chi connectivity index (χ4n) is 2.38. The Morgan fingerprint density at radius 1 is 1.00 bits per heavy atom. The molecule has 0 radical (unpaired) electrons. The quantitative estimate of drug-likeness (QED) is 0.809. The van der Waals surface area contributed by atoms with Gasteiger partial charge in [-0.05, 0) is 36.6 Å². The first-order valence-corrected chi connectivity index (χ1v) is 7.80. The molecule has 2 aromatic carbocycles. The van der Waals surface area contributed by atoms with Crippen molar-refractivity contribution < 1.29 is 19.0 Å². The maximum atomic E-state index is 12.0. The second-order valence-electron chi connectivity index (χ2n) is 5.31. The van der Waals surface area contributed by atoms with Crippen LogP contribution in [0.2, 0.25) is 0 Å². The Kier molecular flexibility index (Phi) is 6.49. The number of ether oxygens (including phenoxy) is 3. The Labute approximate surface area is 142 Å². The average molecular weight is 329 g/mol. The lowest BCUT2D eigenvalue weighted by Crippen LogP contribution is -2.30. The van der Waals surface area contributed by atoms with Gasteiger partial charge in [0, 0.05) is 6.54 Å². The Bertz CT molecular complexity index is 663. The molecule has 0 aliphatic carbocycles. The van der Waals surface area contributed by atoms with Crippen molar-refractivity contribution in [3.8, 4) is 17.2 Å². The van der Waals surface area contributed by atoms with Gasteiger partial charge < -0.3 is 19.5 Å². The Hall–Kier alpha value is -2.69. The normalized spacial score (nSPS) is 10.1. The molecule has 0 atom stereocenters. The van der Waals surface area contributed by atoms with Gasteiger partial charge in [-0.2, -0.15) is 0 Å². The van der Waals surface area contributed by atoms with Crippen molar-refractivity contribution >= 4 is 5.91 Å². The molecular weight excluding hydrogens is 306 g/mol. The van der Waals surface area contributed by atoms with Crippen molar-refractivity contribution in [3.63, 3.8) is 0 Å². The Morgan fingerprint density at radius 2 is 1.67 bits per heavy atom. The van der Waals surface area contributed by atoms with Gasteiger partial charge in [0.2, 0.25) is 5.75 Å². The summed E-state index contributed by atoms with van der Waals surface area (Å²) in [6.07, 6.45) is 0.788. The lowest BCUT2D eigenvalue weighted by Gasteiger charge is -2.14. The van der Waals surface area contributed by atoms with E-state index in [1.54, 1.807) is 32.4 Å². The molecule has 0 unspecified atom stereocenters. The summed E-state index contributed by atoms with van der Waals surface area (Å²) in [6, 6.07) is 13.5. The van der Waals surface area contributed by atoms with Crippen molar-refractivity contribution in [3.05, 3.63) is 53.6 Å². The number of hydrogen-bond acceptors (Lipinski definition) is 4. The number of nitrogens with one attached hydrogen (secondary N) is 1. The molecule has 0 aliphatic rings. The highest BCUT2D eigenvalue weighted by Gasteiger charge is 2.13. The molecule has 2 aromatic rings. The van der Waals surface area contributed by atoms with Gasteiger partial charge in [0.15, 0.2) is 18.1 Å². The van der Waals surface area contributed by atoms with Crippen molar-refractivity contribution in [2.45, 2.75) is 13.3 Å². The zero-order chi connectivity index (χ0) is 17.4. The van der Waals surface area contributed by atoms with E-state index in [4.69, 9.17) is 14.2 Å². The number of rotatable bonds is 8. The van der Waals surface area contributed by atoms with Crippen LogP contribution >= 0.6 is 0 Å². The number of para-hydroxylation sites is 1. The first-order chi connectivity index (χ1) is 11.7. The Balaban J connectivity index is 1.85. The lowest BCUT2D eigenvalue weighted by molar-refractivity contribution is -0.123. The van der Waals surface area contributed by atoms with Crippen LogP contribution in [-0.2, 0) is 11.2 Å². The molecule has 0 spiro atoms. The molecule has 128 valence electrons. The van der Waals surface area contributed by atoms with Gasteiger partial charge in [-0.15, -0.1) is 0 Å². The number of methoxy groups -OCH3 is 2. The zero-order valence-corrected chi connectivity index (χ0v) is 14.3. The molecule has 0 bridgehead atoms. The van der Waals surface area contributed by atoms with Crippen molar-refractivity contribution in [2.24, 2.45) is 0 Å². The molecule has 1 N–H and O–H groups in total. The van der Waals surface area contributed by atoms with Crippen LogP contribution in [0.1, 0.15) is 11.1 Å². The van der Waals surface area contributed by atoms with E-state index in [1.165, 1.54) is 11.1 Å². The molecule has 0 heterocycles. The standard InChI is InChI=1S/C19H23NO4/c1-14-7-4-5-8-15(14)11-12-20-18(21)13-24-19-16(22-2)9-6-10-17(19)23-3/h4-10H,11-13H2,1-3H3,(H,20,21). The van der Waals surface area contributed by atoms with Gasteiger partial charge in [0.25, 0.3) is 5.91 Å². The number of carbonyl (C=O) groups excluding carboxylic acids is 1. The third-order valence-electron chi connectivity index (χ3n) is 3.71. The minimum absolute atomic E-state index is 0.0928. The summed E-state index contributed by atoms with van der Waals surface area (Å²) in [4.78, 5) is 12.0. The molecule has 5 heteroatoms. The summed E-state index contributed by atoms with van der Waals surface area (Å²) >= 11 is 0. The molecule has 2 rings (SSSR count). The number of benzene rings is 2. The maximum absolute atomic E-state index is 12.0. The minimum Gasteiger partial charge on any atom is -0.493 e. The summed E-state index contributed by atoms with van der Waals surface area (Å²) in [6.45, 7) is 2.54. The lowest BCUT2D eigenvalue weighted by atomic mass is 10.1. The topological polar surface area (TPSA) is 56.8 Å². The molecule has 5 nitrogen and oxygen atoms in total. The van der Waals surface area contributed by atoms with E-state index in [2.05, 4.69) is 24.4 Å². The van der Waals surface area contributed by atoms with Crippen LogP contribution in [0.15, 0.2) is 42.5 Å². The van der Waals surface area contributed by atoms with Crippen LogP contribution in [0.25, 0.3) is 0 Å². The van der Waals surface area contributed by atoms with Gasteiger partial charge in [-0.1, -0.05) is 30.3 Å². The van der Waals surface area contributed by atoms with Gasteiger partial charge in [-0.3, -0.25) is 4.79 Å². The zero-order valence-electron chi connectivity index (χ0n) is 14.3. The highest BCUT2D eigenvalue weighted by atomic mass is 16.5. The van der Waals surface area contributed by atoms with Crippen LogP contribution in [0, 0.1) is 6.92 Å². The summed E-state index contributed by atoms with van der Waals surface area (Å²) in [5.41, 5.74) is 2.45. The first kappa shape index (κ1) is 17.7. The van der Waals surface area contributed by atoms with Crippen molar-refractivity contribution in [2.75, 3.05) is 27.4 Å². The highest BCUT2D eigenvalue weighted by molar-refractivity contribution is 5.77. The minimum atomic E-state index is -0.184. The van der Waals surface area contributed by atoms with Crippen LogP contribution < -0.4 is 19.5 Å². The summed E-state index contributed by atoms with van der Waals surface area (Å²) in [7, 11) is 3.09. The fraction of sp³-hybridized carbons (Fsp3) is 0.316. The van der Waals surface area contributed by atoms with E-state index in [-0.39, 0.29) is 12.5 Å². The van der Waals surface area contributed by atoms with E-state index in [0.29, 0.717) is 23.8 Å². The van der Waals surface area contributed by atoms with E-state index in [1.807, 2.05) is 12.1 Å². The van der Waals surface area contributed by atoms with Gasteiger partial charge in [0.05, 0.1) is 14.2 Å². The van der Waals surface area contributed by atoms with Crippen LogP contribution in [0.5, 0.6) is 17.2 Å². The van der Waals surface area contributed by atoms with Crippen LogP contribution in [0.3, 0.4) is 0 Å². The molecule has 1 amide bonds. The highest BCUT2D eigenvalue weighted by Crippen LogP contribution is 2.36. The predicted octanol–water partition coefficient (Wildman–Crippen LogP) is 2.75. The number of carbonyl (C=O) groups is 1. The number of aryl methyl sites for hydroxylation is 1.